The second-order valence-electron chi connectivity index (χ2n) is 4.56. The highest BCUT2D eigenvalue weighted by atomic mass is 79.9. The van der Waals surface area contributed by atoms with Crippen LogP contribution in [0, 0.1) is 0 Å². The summed E-state index contributed by atoms with van der Waals surface area (Å²) in [5.41, 5.74) is 1.53. The minimum absolute atomic E-state index is 0.0720. The Balaban J connectivity index is 2.38. The molecule has 0 aliphatic rings. The summed E-state index contributed by atoms with van der Waals surface area (Å²) in [4.78, 5) is 15.5. The predicted octanol–water partition coefficient (Wildman–Crippen LogP) is 6.57. The fraction of sp³-hybridized carbons (Fsp3) is 0. The molecule has 2 nitrogen and oxygen atoms in total. The molecule has 0 bridgehead atoms. The number of halogens is 5. The Morgan fingerprint density at radius 3 is 2.09 bits per heavy atom. The topological polar surface area (TPSA) is 32.9 Å². The number of benzene rings is 2. The minimum atomic E-state index is -0.280. The third-order valence-electron chi connectivity index (χ3n) is 3.20. The van der Waals surface area contributed by atoms with E-state index >= 15 is 0 Å². The molecule has 0 amide bonds. The van der Waals surface area contributed by atoms with Crippen molar-refractivity contribution < 1.29 is 0 Å². The van der Waals surface area contributed by atoms with Crippen molar-refractivity contribution in [3.8, 4) is 11.3 Å². The lowest BCUT2D eigenvalue weighted by molar-refractivity contribution is 1.38. The van der Waals surface area contributed by atoms with E-state index in [4.69, 9.17) is 46.4 Å². The molecule has 7 heteroatoms. The summed E-state index contributed by atoms with van der Waals surface area (Å²) in [5.74, 6) is 0. The van der Waals surface area contributed by atoms with Gasteiger partial charge in [0, 0.05) is 16.2 Å². The number of nitrogens with one attached hydrogen (secondary N) is 1. The van der Waals surface area contributed by atoms with E-state index in [0.29, 0.717) is 11.2 Å². The number of hydrogen-bond acceptors (Lipinski definition) is 1. The highest BCUT2D eigenvalue weighted by Gasteiger charge is 2.18. The Hall–Kier alpha value is -0.710. The fourth-order valence-corrected chi connectivity index (χ4v) is 3.40. The number of aromatic nitrogens is 1. The summed E-state index contributed by atoms with van der Waals surface area (Å²) < 4.78 is 0.940. The summed E-state index contributed by atoms with van der Waals surface area (Å²) in [5, 5.41) is 0.672. The largest absolute Gasteiger partial charge is 0.353 e. The molecule has 22 heavy (non-hydrogen) atoms. The van der Waals surface area contributed by atoms with Gasteiger partial charge < -0.3 is 4.98 Å². The number of fused-ring (bicyclic) bond motifs is 1. The lowest BCUT2D eigenvalue weighted by atomic mass is 10.1. The highest BCUT2D eigenvalue weighted by Crippen LogP contribution is 2.41. The first-order valence-electron chi connectivity index (χ1n) is 6.05. The van der Waals surface area contributed by atoms with Crippen LogP contribution in [0.15, 0.2) is 39.6 Å². The number of pyridine rings is 1. The summed E-state index contributed by atoms with van der Waals surface area (Å²) in [7, 11) is 0. The van der Waals surface area contributed by atoms with Gasteiger partial charge in [-0.1, -0.05) is 74.5 Å². The minimum Gasteiger partial charge on any atom is -0.353 e. The molecule has 0 atom stereocenters. The van der Waals surface area contributed by atoms with Crippen molar-refractivity contribution in [3.63, 3.8) is 0 Å². The van der Waals surface area contributed by atoms with Crippen molar-refractivity contribution in [2.45, 2.75) is 0 Å². The molecule has 1 aromatic heterocycles. The second-order valence-corrected chi connectivity index (χ2v) is 6.99. The van der Waals surface area contributed by atoms with Crippen LogP contribution in [0.2, 0.25) is 20.1 Å². The average molecular weight is 438 g/mol. The van der Waals surface area contributed by atoms with Crippen molar-refractivity contribution in [2.75, 3.05) is 0 Å². The highest BCUT2D eigenvalue weighted by molar-refractivity contribution is 9.10. The zero-order valence-electron chi connectivity index (χ0n) is 10.7. The third kappa shape index (κ3) is 2.66. The molecule has 0 fully saturated rings. The first-order chi connectivity index (χ1) is 10.4. The maximum atomic E-state index is 12.4. The van der Waals surface area contributed by atoms with E-state index in [1.807, 2.05) is 24.3 Å². The van der Waals surface area contributed by atoms with Crippen LogP contribution in [0.1, 0.15) is 0 Å². The molecule has 0 aliphatic heterocycles. The van der Waals surface area contributed by atoms with Gasteiger partial charge in [0.15, 0.2) is 5.43 Å². The van der Waals surface area contributed by atoms with Gasteiger partial charge in [-0.25, -0.2) is 0 Å². The Morgan fingerprint density at radius 1 is 0.864 bits per heavy atom. The SMILES string of the molecule is O=c1cc(-c2ccc(Br)cc2)[nH]c2c(Cl)c(Cl)c(Cl)c(Cl)c12. The first kappa shape index (κ1) is 16.2. The van der Waals surface area contributed by atoms with Crippen LogP contribution < -0.4 is 5.43 Å². The normalized spacial score (nSPS) is 11.1. The number of aromatic amines is 1. The Bertz CT molecular complexity index is 951. The molecule has 0 saturated heterocycles. The fourth-order valence-electron chi connectivity index (χ4n) is 2.14. The van der Waals surface area contributed by atoms with Crippen molar-refractivity contribution in [1.29, 1.82) is 0 Å². The average Bonchev–Trinajstić information content (AvgIpc) is 2.50. The Morgan fingerprint density at radius 2 is 1.45 bits per heavy atom. The van der Waals surface area contributed by atoms with Crippen molar-refractivity contribution in [2.24, 2.45) is 0 Å². The molecule has 2 aromatic carbocycles. The molecule has 3 aromatic rings. The predicted molar refractivity (Wildman–Crippen MR) is 97.7 cm³/mol. The Labute approximate surface area is 154 Å². The van der Waals surface area contributed by atoms with Gasteiger partial charge in [-0.2, -0.15) is 0 Å². The molecule has 0 radical (unpaired) electrons. The van der Waals surface area contributed by atoms with Gasteiger partial charge in [0.05, 0.1) is 31.0 Å². The van der Waals surface area contributed by atoms with Crippen molar-refractivity contribution >= 4 is 73.2 Å². The number of hydrogen-bond donors (Lipinski definition) is 1. The van der Waals surface area contributed by atoms with Gasteiger partial charge in [0.2, 0.25) is 0 Å². The van der Waals surface area contributed by atoms with Crippen LogP contribution in [0.4, 0.5) is 0 Å². The lowest BCUT2D eigenvalue weighted by Crippen LogP contribution is -2.05. The van der Waals surface area contributed by atoms with Gasteiger partial charge in [0.25, 0.3) is 0 Å². The van der Waals surface area contributed by atoms with E-state index in [-0.39, 0.29) is 30.9 Å². The molecule has 112 valence electrons. The molecule has 0 unspecified atom stereocenters. The number of rotatable bonds is 1. The van der Waals surface area contributed by atoms with E-state index in [2.05, 4.69) is 20.9 Å². The molecular weight excluding hydrogens is 432 g/mol. The van der Waals surface area contributed by atoms with Gasteiger partial charge in [-0.15, -0.1) is 0 Å². The van der Waals surface area contributed by atoms with Crippen LogP contribution in [-0.4, -0.2) is 4.98 Å². The zero-order chi connectivity index (χ0) is 16.0. The second kappa shape index (κ2) is 6.06. The monoisotopic (exact) mass is 435 g/mol. The quantitative estimate of drug-likeness (QED) is 0.339. The van der Waals surface area contributed by atoms with E-state index in [1.165, 1.54) is 6.07 Å². The third-order valence-corrected chi connectivity index (χ3v) is 5.53. The van der Waals surface area contributed by atoms with Gasteiger partial charge in [-0.05, 0) is 17.7 Å². The summed E-state index contributed by atoms with van der Waals surface area (Å²) in [6.45, 7) is 0. The van der Waals surface area contributed by atoms with E-state index in [9.17, 15) is 4.79 Å². The van der Waals surface area contributed by atoms with Crippen molar-refractivity contribution in [3.05, 3.63) is 65.1 Å². The van der Waals surface area contributed by atoms with Crippen molar-refractivity contribution in [1.82, 2.24) is 4.98 Å². The summed E-state index contributed by atoms with van der Waals surface area (Å²) >= 11 is 27.8. The molecule has 0 saturated carbocycles. The zero-order valence-corrected chi connectivity index (χ0v) is 15.3. The molecule has 1 N–H and O–H groups in total. The molecular formula is C15H6BrCl4NO. The van der Waals surface area contributed by atoms with E-state index in [0.717, 1.165) is 10.0 Å². The van der Waals surface area contributed by atoms with Gasteiger partial charge in [-0.3, -0.25) is 4.79 Å². The van der Waals surface area contributed by atoms with E-state index < -0.39 is 0 Å². The maximum absolute atomic E-state index is 12.4. The molecule has 0 spiro atoms. The van der Waals surface area contributed by atoms with Crippen LogP contribution in [0.3, 0.4) is 0 Å². The van der Waals surface area contributed by atoms with Gasteiger partial charge >= 0.3 is 0 Å². The van der Waals surface area contributed by atoms with Crippen LogP contribution in [0.25, 0.3) is 22.2 Å². The van der Waals surface area contributed by atoms with Crippen LogP contribution in [0.5, 0.6) is 0 Å². The number of H-pyrrole nitrogens is 1. The van der Waals surface area contributed by atoms with Crippen LogP contribution in [-0.2, 0) is 0 Å². The maximum Gasteiger partial charge on any atom is 0.191 e. The standard InChI is InChI=1S/C15H6BrCl4NO/c16-7-3-1-6(2-4-7)8-5-9(22)10-11(17)12(18)13(19)14(20)15(10)21-8/h1-5H,(H,21,22). The van der Waals surface area contributed by atoms with Crippen LogP contribution >= 0.6 is 62.3 Å². The lowest BCUT2D eigenvalue weighted by Gasteiger charge is -2.10. The van der Waals surface area contributed by atoms with E-state index in [1.54, 1.807) is 0 Å². The summed E-state index contributed by atoms with van der Waals surface area (Å²) in [6, 6.07) is 8.95. The molecule has 1 heterocycles. The smallest absolute Gasteiger partial charge is 0.191 e. The van der Waals surface area contributed by atoms with Gasteiger partial charge in [0.1, 0.15) is 0 Å². The first-order valence-corrected chi connectivity index (χ1v) is 8.35. The summed E-state index contributed by atoms with van der Waals surface area (Å²) in [6.07, 6.45) is 0. The Kier molecular flexibility index (Phi) is 4.45. The molecule has 0 aliphatic carbocycles. The molecule has 3 rings (SSSR count).